The van der Waals surface area contributed by atoms with Crippen LogP contribution in [0.4, 0.5) is 0 Å². The third kappa shape index (κ3) is 32.1. The van der Waals surface area contributed by atoms with Crippen LogP contribution in [0.5, 0.6) is 23.0 Å². The highest BCUT2D eigenvalue weighted by atomic mass is 16.5. The number of unbranched alkanes of at least 4 members (excludes halogenated alkanes) is 15. The smallest absolute Gasteiger partial charge is 0.119 e. The summed E-state index contributed by atoms with van der Waals surface area (Å²) in [5, 5.41) is 17.7. The van der Waals surface area contributed by atoms with Crippen molar-refractivity contribution in [3.63, 3.8) is 0 Å². The Bertz CT molecular complexity index is 1760. The Morgan fingerprint density at radius 2 is 0.843 bits per heavy atom. The fourth-order valence-electron chi connectivity index (χ4n) is 8.36. The summed E-state index contributed by atoms with van der Waals surface area (Å²) in [7, 11) is 3.48. The van der Waals surface area contributed by atoms with E-state index in [0.717, 1.165) is 29.4 Å². The lowest BCUT2D eigenvalue weighted by Gasteiger charge is -2.16. The largest absolute Gasteiger partial charge is 0.497 e. The second-order valence-corrected chi connectivity index (χ2v) is 19.3. The normalized spacial score (nSPS) is 11.0. The zero-order chi connectivity index (χ0) is 51.5. The first-order valence-electron chi connectivity index (χ1n) is 28.1. The zero-order valence-electron chi connectivity index (χ0n) is 46.6. The Balaban J connectivity index is 0.000000472. The van der Waals surface area contributed by atoms with Crippen LogP contribution in [0.15, 0.2) is 78.9 Å². The van der Waals surface area contributed by atoms with Gasteiger partial charge in [-0.1, -0.05) is 181 Å². The molecular weight excluding hydrogens is 865 g/mol. The quantitative estimate of drug-likeness (QED) is 0.0454. The van der Waals surface area contributed by atoms with Gasteiger partial charge in [0.05, 0.1) is 26.9 Å². The lowest BCUT2D eigenvalue weighted by Crippen LogP contribution is -2.12. The Hall–Kier alpha value is -4.00. The summed E-state index contributed by atoms with van der Waals surface area (Å²) in [6, 6.07) is 27.2. The fourth-order valence-corrected chi connectivity index (χ4v) is 8.36. The van der Waals surface area contributed by atoms with E-state index in [0.29, 0.717) is 19.6 Å². The number of aliphatic hydroxyl groups excluding tert-OH is 2. The van der Waals surface area contributed by atoms with E-state index in [1.807, 2.05) is 30.3 Å². The van der Waals surface area contributed by atoms with Gasteiger partial charge in [-0.15, -0.1) is 0 Å². The van der Waals surface area contributed by atoms with Crippen LogP contribution in [-0.4, -0.2) is 50.4 Å². The highest BCUT2D eigenvalue weighted by Gasteiger charge is 2.10. The van der Waals surface area contributed by atoms with Crippen molar-refractivity contribution in [2.75, 3.05) is 34.0 Å². The predicted molar refractivity (Wildman–Crippen MR) is 302 cm³/mol. The van der Waals surface area contributed by atoms with Crippen molar-refractivity contribution < 1.29 is 29.2 Å². The van der Waals surface area contributed by atoms with Gasteiger partial charge in [-0.3, -0.25) is 0 Å². The molecule has 396 valence electrons. The number of ether oxygens (including phenoxy) is 4. The lowest BCUT2D eigenvalue weighted by molar-refractivity contribution is 0.122. The molecular formula is C64H104O6. The summed E-state index contributed by atoms with van der Waals surface area (Å²) >= 11 is 0. The molecule has 1 unspecified atom stereocenters. The summed E-state index contributed by atoms with van der Waals surface area (Å²) in [6.07, 6.45) is 33.3. The van der Waals surface area contributed by atoms with E-state index in [1.54, 1.807) is 26.7 Å². The van der Waals surface area contributed by atoms with Gasteiger partial charge in [0, 0.05) is 13.0 Å². The van der Waals surface area contributed by atoms with Crippen molar-refractivity contribution in [2.45, 2.75) is 228 Å². The van der Waals surface area contributed by atoms with E-state index in [4.69, 9.17) is 29.2 Å². The third-order valence-electron chi connectivity index (χ3n) is 12.7. The Kier molecular flexibility index (Phi) is 40.0. The van der Waals surface area contributed by atoms with Crippen molar-refractivity contribution in [2.24, 2.45) is 0 Å². The molecule has 0 bridgehead atoms. The topological polar surface area (TPSA) is 77.4 Å². The highest BCUT2D eigenvalue weighted by molar-refractivity contribution is 5.43. The minimum atomic E-state index is -0.414. The van der Waals surface area contributed by atoms with E-state index in [2.05, 4.69) is 97.0 Å². The van der Waals surface area contributed by atoms with Gasteiger partial charge < -0.3 is 29.2 Å². The van der Waals surface area contributed by atoms with E-state index >= 15 is 0 Å². The maximum absolute atomic E-state index is 9.16. The van der Waals surface area contributed by atoms with Crippen LogP contribution in [0.25, 0.3) is 0 Å². The summed E-state index contributed by atoms with van der Waals surface area (Å²) in [5.74, 6) is 3.71. The summed E-state index contributed by atoms with van der Waals surface area (Å²) < 4.78 is 21.5. The molecule has 0 saturated heterocycles. The first kappa shape index (κ1) is 64.0. The van der Waals surface area contributed by atoms with Crippen molar-refractivity contribution in [1.82, 2.24) is 0 Å². The molecule has 0 radical (unpaired) electrons. The number of aryl methyl sites for hydroxylation is 6. The number of aliphatic hydroxyl groups is 2. The molecule has 4 rings (SSSR count). The molecule has 0 saturated carbocycles. The third-order valence-corrected chi connectivity index (χ3v) is 12.7. The first-order chi connectivity index (χ1) is 34.1. The molecule has 0 fully saturated rings. The number of methoxy groups -OCH3 is 2. The van der Waals surface area contributed by atoms with Crippen LogP contribution in [0.3, 0.4) is 0 Å². The van der Waals surface area contributed by atoms with Gasteiger partial charge in [0.25, 0.3) is 0 Å². The molecule has 2 N–H and O–H groups in total. The fraction of sp³-hybridized carbons (Fsp3) is 0.625. The molecule has 4 aromatic carbocycles. The first-order valence-corrected chi connectivity index (χ1v) is 28.1. The summed E-state index contributed by atoms with van der Waals surface area (Å²) in [5.41, 5.74) is 9.90. The van der Waals surface area contributed by atoms with Crippen LogP contribution in [-0.2, 0) is 32.1 Å². The Labute approximate surface area is 430 Å². The van der Waals surface area contributed by atoms with Gasteiger partial charge in [0.15, 0.2) is 0 Å². The molecule has 70 heavy (non-hydrogen) atoms. The lowest BCUT2D eigenvalue weighted by atomic mass is 9.92. The van der Waals surface area contributed by atoms with Crippen LogP contribution < -0.4 is 18.9 Å². The predicted octanol–water partition coefficient (Wildman–Crippen LogP) is 17.5. The average Bonchev–Trinajstić information content (AvgIpc) is 3.37. The number of rotatable bonds is 34. The van der Waals surface area contributed by atoms with Gasteiger partial charge in [-0.2, -0.15) is 0 Å². The molecule has 0 heterocycles. The molecule has 1 atom stereocenters. The molecule has 4 aromatic rings. The molecule has 6 heteroatoms. The molecule has 0 aliphatic rings. The van der Waals surface area contributed by atoms with Gasteiger partial charge in [0.2, 0.25) is 0 Å². The van der Waals surface area contributed by atoms with Gasteiger partial charge in [0.1, 0.15) is 29.6 Å². The molecule has 6 nitrogen and oxygen atoms in total. The van der Waals surface area contributed by atoms with Crippen LogP contribution in [0, 0.1) is 13.8 Å². The molecule has 0 aliphatic heterocycles. The van der Waals surface area contributed by atoms with Crippen molar-refractivity contribution in [3.05, 3.63) is 118 Å². The highest BCUT2D eigenvalue weighted by Crippen LogP contribution is 2.27. The maximum atomic E-state index is 9.16. The SMILES string of the molecule is CCCCCCCCCCCCc1ccc(OC)cc1.CCCCCCCCCc1ccc(OCC(C)O)cc1.CCCc1cc(OC)cc(CCC)c1CCC.Cc1ccc(OCCCO)cc1C. The van der Waals surface area contributed by atoms with Gasteiger partial charge in [-0.25, -0.2) is 0 Å². The molecule has 0 aliphatic carbocycles. The number of hydrogen-bond acceptors (Lipinski definition) is 6. The van der Waals surface area contributed by atoms with Crippen molar-refractivity contribution in [1.29, 1.82) is 0 Å². The average molecular weight is 970 g/mol. The van der Waals surface area contributed by atoms with E-state index in [9.17, 15) is 0 Å². The maximum Gasteiger partial charge on any atom is 0.119 e. The Morgan fingerprint density at radius 3 is 1.24 bits per heavy atom. The summed E-state index contributed by atoms with van der Waals surface area (Å²) in [6.45, 7) is 18.3. The monoisotopic (exact) mass is 969 g/mol. The van der Waals surface area contributed by atoms with Crippen LogP contribution in [0.1, 0.15) is 215 Å². The van der Waals surface area contributed by atoms with E-state index < -0.39 is 6.10 Å². The number of benzene rings is 4. The second-order valence-electron chi connectivity index (χ2n) is 19.3. The summed E-state index contributed by atoms with van der Waals surface area (Å²) in [4.78, 5) is 0. The zero-order valence-corrected chi connectivity index (χ0v) is 46.6. The number of hydrogen-bond donors (Lipinski definition) is 2. The minimum absolute atomic E-state index is 0.185. The standard InChI is InChI=1S/C19H32O.C18H30O2.C16H26O.C11H16O2/c1-3-4-5-6-7-8-9-10-11-12-13-18-14-16-19(20-2)17-15-18;1-3-4-5-6-7-8-9-10-17-11-13-18(14-12-17)20-15-16(2)19;1-5-8-13-11-15(17-4)12-14(9-6-2)16(13)10-7-3;1-9-4-5-11(8-10(9)2)13-7-3-6-12/h14-17H,3-13H2,1-2H3;11-14,16,19H,3-10,15H2,1-2H3;11-12H,5-10H2,1-4H3;4-5,8,12H,3,6-7H2,1-2H3. The Morgan fingerprint density at radius 1 is 0.414 bits per heavy atom. The molecule has 0 aromatic heterocycles. The van der Waals surface area contributed by atoms with E-state index in [1.165, 1.54) is 187 Å². The molecule has 0 amide bonds. The van der Waals surface area contributed by atoms with Gasteiger partial charge >= 0.3 is 0 Å². The molecule has 0 spiro atoms. The van der Waals surface area contributed by atoms with Crippen molar-refractivity contribution >= 4 is 0 Å². The van der Waals surface area contributed by atoms with Crippen LogP contribution in [0.2, 0.25) is 0 Å². The van der Waals surface area contributed by atoms with Gasteiger partial charge in [-0.05, 0) is 153 Å². The van der Waals surface area contributed by atoms with Crippen molar-refractivity contribution in [3.8, 4) is 23.0 Å². The second kappa shape index (κ2) is 43.8. The van der Waals surface area contributed by atoms with Crippen LogP contribution >= 0.6 is 0 Å². The van der Waals surface area contributed by atoms with E-state index in [-0.39, 0.29) is 6.61 Å². The minimum Gasteiger partial charge on any atom is -0.497 e.